The van der Waals surface area contributed by atoms with Gasteiger partial charge in [-0.2, -0.15) is 0 Å². The van der Waals surface area contributed by atoms with E-state index in [0.29, 0.717) is 6.04 Å². The van der Waals surface area contributed by atoms with Crippen LogP contribution in [-0.2, 0) is 14.6 Å². The van der Waals surface area contributed by atoms with Crippen molar-refractivity contribution < 1.29 is 13.2 Å². The fourth-order valence-corrected chi connectivity index (χ4v) is 3.93. The maximum atomic E-state index is 12.3. The summed E-state index contributed by atoms with van der Waals surface area (Å²) < 4.78 is 23.7. The molecule has 1 amide bonds. The second-order valence-electron chi connectivity index (χ2n) is 5.59. The highest BCUT2D eigenvalue weighted by Crippen LogP contribution is 2.34. The lowest BCUT2D eigenvalue weighted by molar-refractivity contribution is -0.131. The fourth-order valence-electron chi connectivity index (χ4n) is 2.80. The van der Waals surface area contributed by atoms with Gasteiger partial charge in [-0.05, 0) is 32.6 Å². The van der Waals surface area contributed by atoms with Crippen LogP contribution in [0.15, 0.2) is 12.2 Å². The predicted octanol–water partition coefficient (Wildman–Crippen LogP) is 1.91. The van der Waals surface area contributed by atoms with E-state index < -0.39 is 9.84 Å². The van der Waals surface area contributed by atoms with Gasteiger partial charge in [0.15, 0.2) is 9.84 Å². The summed E-state index contributed by atoms with van der Waals surface area (Å²) in [5.41, 5.74) is 0. The van der Waals surface area contributed by atoms with Crippen molar-refractivity contribution in [3.05, 3.63) is 12.2 Å². The standard InChI is InChI=1S/C14H23NO3S/c1-2-3-10-19(17,18)11-14(16)15(13-8-9-13)12-6-4-5-7-12/h2-3,12-13H,4-11H2,1H3/b3-2+. The summed E-state index contributed by atoms with van der Waals surface area (Å²) in [6.45, 7) is 1.78. The van der Waals surface area contributed by atoms with Crippen molar-refractivity contribution in [3.63, 3.8) is 0 Å². The van der Waals surface area contributed by atoms with Crippen LogP contribution >= 0.6 is 0 Å². The second-order valence-corrected chi connectivity index (χ2v) is 7.70. The Morgan fingerprint density at radius 1 is 1.16 bits per heavy atom. The Morgan fingerprint density at radius 3 is 2.26 bits per heavy atom. The van der Waals surface area contributed by atoms with Gasteiger partial charge < -0.3 is 4.90 Å². The first-order chi connectivity index (χ1) is 9.03. The summed E-state index contributed by atoms with van der Waals surface area (Å²) >= 11 is 0. The third-order valence-electron chi connectivity index (χ3n) is 3.88. The molecular weight excluding hydrogens is 262 g/mol. The molecule has 2 aliphatic rings. The van der Waals surface area contributed by atoms with Crippen LogP contribution in [0.1, 0.15) is 45.4 Å². The molecule has 2 aliphatic carbocycles. The molecule has 0 atom stereocenters. The lowest BCUT2D eigenvalue weighted by Crippen LogP contribution is -2.43. The predicted molar refractivity (Wildman–Crippen MR) is 75.6 cm³/mol. The highest BCUT2D eigenvalue weighted by Gasteiger charge is 2.39. The second kappa shape index (κ2) is 6.07. The quantitative estimate of drug-likeness (QED) is 0.701. The molecule has 2 fully saturated rings. The average molecular weight is 285 g/mol. The molecule has 0 aliphatic heterocycles. The van der Waals surface area contributed by atoms with E-state index in [2.05, 4.69) is 0 Å². The number of nitrogens with zero attached hydrogens (tertiary/aromatic N) is 1. The number of carbonyl (C=O) groups excluding carboxylic acids is 1. The van der Waals surface area contributed by atoms with Crippen molar-refractivity contribution in [3.8, 4) is 0 Å². The summed E-state index contributed by atoms with van der Waals surface area (Å²) in [5.74, 6) is -0.540. The first-order valence-electron chi connectivity index (χ1n) is 7.16. The monoisotopic (exact) mass is 285 g/mol. The van der Waals surface area contributed by atoms with Gasteiger partial charge in [0, 0.05) is 12.1 Å². The van der Waals surface area contributed by atoms with E-state index in [4.69, 9.17) is 0 Å². The maximum Gasteiger partial charge on any atom is 0.238 e. The van der Waals surface area contributed by atoms with E-state index >= 15 is 0 Å². The van der Waals surface area contributed by atoms with Crippen molar-refractivity contribution in [2.75, 3.05) is 11.5 Å². The molecule has 0 spiro atoms. The smallest absolute Gasteiger partial charge is 0.238 e. The molecule has 19 heavy (non-hydrogen) atoms. The SMILES string of the molecule is C/C=C/CS(=O)(=O)CC(=O)N(C1CCCC1)C1CC1. The molecule has 0 aromatic rings. The summed E-state index contributed by atoms with van der Waals surface area (Å²) in [6.07, 6.45) is 9.78. The Bertz CT molecular complexity index is 445. The molecule has 0 saturated heterocycles. The number of hydrogen-bond donors (Lipinski definition) is 0. The van der Waals surface area contributed by atoms with Crippen molar-refractivity contribution in [2.45, 2.75) is 57.5 Å². The van der Waals surface area contributed by atoms with E-state index in [-0.39, 0.29) is 23.5 Å². The molecule has 0 bridgehead atoms. The Kier molecular flexibility index (Phi) is 4.66. The zero-order valence-corrected chi connectivity index (χ0v) is 12.4. The van der Waals surface area contributed by atoms with Crippen LogP contribution in [0.3, 0.4) is 0 Å². The molecule has 0 radical (unpaired) electrons. The normalized spacial score (nSPS) is 21.1. The van der Waals surface area contributed by atoms with Crippen LogP contribution in [0.4, 0.5) is 0 Å². The highest BCUT2D eigenvalue weighted by atomic mass is 32.2. The Balaban J connectivity index is 1.99. The van der Waals surface area contributed by atoms with E-state index in [1.165, 1.54) is 0 Å². The van der Waals surface area contributed by atoms with Crippen LogP contribution < -0.4 is 0 Å². The number of carbonyl (C=O) groups is 1. The minimum absolute atomic E-state index is 0.0294. The van der Waals surface area contributed by atoms with Crippen LogP contribution in [0.5, 0.6) is 0 Å². The van der Waals surface area contributed by atoms with Gasteiger partial charge >= 0.3 is 0 Å². The molecular formula is C14H23NO3S. The number of amides is 1. The summed E-state index contributed by atoms with van der Waals surface area (Å²) in [7, 11) is -3.30. The average Bonchev–Trinajstić information content (AvgIpc) is 3.01. The van der Waals surface area contributed by atoms with Crippen molar-refractivity contribution >= 4 is 15.7 Å². The van der Waals surface area contributed by atoms with Gasteiger partial charge in [-0.15, -0.1) is 0 Å². The summed E-state index contributed by atoms with van der Waals surface area (Å²) in [6, 6.07) is 0.601. The lowest BCUT2D eigenvalue weighted by Gasteiger charge is -2.29. The fraction of sp³-hybridized carbons (Fsp3) is 0.786. The summed E-state index contributed by atoms with van der Waals surface area (Å²) in [4.78, 5) is 14.2. The molecule has 5 heteroatoms. The molecule has 2 saturated carbocycles. The zero-order valence-electron chi connectivity index (χ0n) is 11.5. The first-order valence-corrected chi connectivity index (χ1v) is 8.98. The van der Waals surface area contributed by atoms with E-state index in [1.807, 2.05) is 4.90 Å². The van der Waals surface area contributed by atoms with Gasteiger partial charge in [0.2, 0.25) is 5.91 Å². The van der Waals surface area contributed by atoms with Crippen LogP contribution in [0.25, 0.3) is 0 Å². The van der Waals surface area contributed by atoms with Gasteiger partial charge in [0.25, 0.3) is 0 Å². The van der Waals surface area contributed by atoms with Gasteiger partial charge in [0.05, 0.1) is 5.75 Å². The minimum Gasteiger partial charge on any atom is -0.336 e. The molecule has 0 aromatic carbocycles. The molecule has 4 nitrogen and oxygen atoms in total. The molecule has 0 aromatic heterocycles. The number of allylic oxidation sites excluding steroid dienone is 1. The molecule has 2 rings (SSSR count). The molecule has 0 N–H and O–H groups in total. The first kappa shape index (κ1) is 14.6. The minimum atomic E-state index is -3.30. The van der Waals surface area contributed by atoms with Crippen LogP contribution in [0.2, 0.25) is 0 Å². The topological polar surface area (TPSA) is 54.5 Å². The van der Waals surface area contributed by atoms with Crippen molar-refractivity contribution in [2.24, 2.45) is 0 Å². The molecule has 0 heterocycles. The highest BCUT2D eigenvalue weighted by molar-refractivity contribution is 7.92. The van der Waals surface area contributed by atoms with Gasteiger partial charge in [0.1, 0.15) is 5.75 Å². The van der Waals surface area contributed by atoms with Crippen molar-refractivity contribution in [1.29, 1.82) is 0 Å². The van der Waals surface area contributed by atoms with Crippen LogP contribution in [0, 0.1) is 0 Å². The van der Waals surface area contributed by atoms with E-state index in [1.54, 1.807) is 19.1 Å². The number of rotatable bonds is 6. The zero-order chi connectivity index (χ0) is 13.9. The van der Waals surface area contributed by atoms with Crippen molar-refractivity contribution in [1.82, 2.24) is 4.90 Å². The summed E-state index contributed by atoms with van der Waals surface area (Å²) in [5, 5.41) is 0. The largest absolute Gasteiger partial charge is 0.336 e. The lowest BCUT2D eigenvalue weighted by atomic mass is 10.2. The Labute approximate surface area is 115 Å². The van der Waals surface area contributed by atoms with Gasteiger partial charge in [-0.1, -0.05) is 25.0 Å². The third kappa shape index (κ3) is 4.06. The van der Waals surface area contributed by atoms with Crippen LogP contribution in [-0.4, -0.2) is 42.8 Å². The maximum absolute atomic E-state index is 12.3. The van der Waals surface area contributed by atoms with Gasteiger partial charge in [-0.25, -0.2) is 8.42 Å². The third-order valence-corrected chi connectivity index (χ3v) is 5.26. The van der Waals surface area contributed by atoms with Gasteiger partial charge in [-0.3, -0.25) is 4.79 Å². The molecule has 0 unspecified atom stereocenters. The Hall–Kier alpha value is -0.840. The van der Waals surface area contributed by atoms with E-state index in [0.717, 1.165) is 38.5 Å². The number of hydrogen-bond acceptors (Lipinski definition) is 3. The van der Waals surface area contributed by atoms with E-state index in [9.17, 15) is 13.2 Å². The molecule has 108 valence electrons. The Morgan fingerprint density at radius 2 is 1.74 bits per heavy atom. The number of sulfone groups is 1.